The van der Waals surface area contributed by atoms with Gasteiger partial charge in [0.25, 0.3) is 5.91 Å². The van der Waals surface area contributed by atoms with Crippen LogP contribution in [-0.4, -0.2) is 112 Å². The van der Waals surface area contributed by atoms with E-state index in [1.165, 1.54) is 24.7 Å². The number of fused-ring (bicyclic) bond motifs is 5. The molecule has 1 amide bonds. The van der Waals surface area contributed by atoms with Crippen LogP contribution in [0.25, 0.3) is 11.0 Å². The summed E-state index contributed by atoms with van der Waals surface area (Å²) in [5.74, 6) is -0.341. The van der Waals surface area contributed by atoms with E-state index in [-0.39, 0.29) is 31.4 Å². The Morgan fingerprint density at radius 3 is 2.78 bits per heavy atom. The predicted molar refractivity (Wildman–Crippen MR) is 164 cm³/mol. The van der Waals surface area contributed by atoms with Crippen LogP contribution >= 0.6 is 37.3 Å². The second-order valence-corrected chi connectivity index (χ2v) is 17.0. The number of rotatable bonds is 3. The predicted octanol–water partition coefficient (Wildman–Crippen LogP) is -0.207. The summed E-state index contributed by atoms with van der Waals surface area (Å²) in [5, 5.41) is 2.43. The molecule has 0 spiro atoms. The van der Waals surface area contributed by atoms with E-state index in [0.29, 0.717) is 15.9 Å². The van der Waals surface area contributed by atoms with E-state index in [9.17, 15) is 14.3 Å². The summed E-state index contributed by atoms with van der Waals surface area (Å²) in [6.07, 6.45) is -4.42. The largest absolute Gasteiger partial charge is 0.386 e. The highest BCUT2D eigenvalue weighted by atomic mass is 32.7. The molecule has 2 aromatic heterocycles. The van der Waals surface area contributed by atoms with Crippen molar-refractivity contribution >= 4 is 84.2 Å². The van der Waals surface area contributed by atoms with Gasteiger partial charge in [-0.05, 0) is 23.3 Å². The van der Waals surface area contributed by atoms with Crippen LogP contribution in [0.4, 0.5) is 5.82 Å². The SMILES string of the molecule is CO[C@H]1[C@H]2OP(O)(=S)OC[C@H]3O[C@@H](c4snc5c(N)ncnc45)C[C@@H]3OP(=O)(S)OC[C@H]1O[C@H]2N1C=NC2C(=O)NC(N)=NC21. The molecule has 4 unspecified atom stereocenters. The number of ether oxygens (including phenoxy) is 3. The molecule has 0 saturated carbocycles. The van der Waals surface area contributed by atoms with Crippen molar-refractivity contribution in [1.82, 2.24) is 24.6 Å². The van der Waals surface area contributed by atoms with Gasteiger partial charge in [0.15, 0.2) is 30.2 Å². The van der Waals surface area contributed by atoms with Gasteiger partial charge in [0, 0.05) is 13.5 Å². The molecule has 19 nitrogen and oxygen atoms in total. The number of hydrogen-bond donors (Lipinski definition) is 5. The van der Waals surface area contributed by atoms with Crippen LogP contribution in [0, 0.1) is 0 Å². The molecule has 7 heterocycles. The van der Waals surface area contributed by atoms with Gasteiger partial charge in [-0.1, -0.05) is 12.2 Å². The zero-order valence-corrected chi connectivity index (χ0v) is 27.4. The molecular weight excluding hydrogens is 696 g/mol. The molecule has 3 saturated heterocycles. The number of carbonyl (C=O) groups excluding carboxylic acids is 1. The molecule has 2 aromatic rings. The first kappa shape index (κ1) is 31.7. The maximum absolute atomic E-state index is 13.5. The van der Waals surface area contributed by atoms with Crippen LogP contribution in [-0.2, 0) is 53.5 Å². The van der Waals surface area contributed by atoms with Gasteiger partial charge in [-0.2, -0.15) is 4.37 Å². The number of nitrogens with two attached hydrogens (primary N) is 2. The topological polar surface area (TPSA) is 250 Å². The second kappa shape index (κ2) is 12.0. The Bertz CT molecular complexity index is 1670. The van der Waals surface area contributed by atoms with Gasteiger partial charge >= 0.3 is 13.5 Å². The van der Waals surface area contributed by atoms with Gasteiger partial charge < -0.3 is 40.0 Å². The van der Waals surface area contributed by atoms with Crippen molar-refractivity contribution in [3.63, 3.8) is 0 Å². The van der Waals surface area contributed by atoms with Gasteiger partial charge in [0.2, 0.25) is 0 Å². The van der Waals surface area contributed by atoms with Crippen molar-refractivity contribution in [3.05, 3.63) is 11.2 Å². The molecule has 244 valence electrons. The summed E-state index contributed by atoms with van der Waals surface area (Å²) in [6.45, 7) is -8.74. The summed E-state index contributed by atoms with van der Waals surface area (Å²) in [4.78, 5) is 42.7. The van der Waals surface area contributed by atoms with Crippen molar-refractivity contribution in [2.75, 3.05) is 26.1 Å². The van der Waals surface area contributed by atoms with Gasteiger partial charge in [-0.3, -0.25) is 28.7 Å². The standard InChI is InChI=1S/C21H27N9O10P2S3/c1-34-14-10-4-36-41(32,43)39-7-2-8(16-11-12(29-45-16)17(22)25-5-24-11)37-9(7)3-35-42(33,44)40-15(14)20(38-10)30-6-26-13-18(30)27-21(23)28-19(13)31/h5-10,13-15,18,20H,2-4H2,1H3,(H,32,43)(H,33,44)(H2,22,24,25)(H3,23,27,28,31)/t7-,8+,9+,10+,13?,14+,15+,18?,20+,41?,42?/m0/s1. The maximum Gasteiger partial charge on any atom is 0.386 e. The third kappa shape index (κ3) is 6.01. The minimum absolute atomic E-state index is 0.104. The Kier molecular flexibility index (Phi) is 8.42. The smallest absolute Gasteiger partial charge is 0.382 e. The third-order valence-electron chi connectivity index (χ3n) is 7.73. The Morgan fingerprint density at radius 2 is 1.98 bits per heavy atom. The summed E-state index contributed by atoms with van der Waals surface area (Å²) in [5.41, 5.74) is 12.7. The minimum atomic E-state index is -4.05. The summed E-state index contributed by atoms with van der Waals surface area (Å²) in [7, 11) is 1.39. The van der Waals surface area contributed by atoms with E-state index < -0.39 is 74.5 Å². The van der Waals surface area contributed by atoms with Gasteiger partial charge in [-0.25, -0.2) is 19.5 Å². The Balaban J connectivity index is 1.16. The molecule has 0 aromatic carbocycles. The van der Waals surface area contributed by atoms with Gasteiger partial charge in [-0.15, -0.1) is 0 Å². The number of hydrogen-bond acceptors (Lipinski definition) is 19. The molecule has 5 aliphatic rings. The average molecular weight is 724 g/mol. The maximum atomic E-state index is 13.5. The van der Waals surface area contributed by atoms with Gasteiger partial charge in [0.05, 0.1) is 36.6 Å². The molecule has 0 aliphatic carbocycles. The van der Waals surface area contributed by atoms with E-state index in [1.54, 1.807) is 0 Å². The van der Waals surface area contributed by atoms with E-state index >= 15 is 0 Å². The molecule has 24 heteroatoms. The van der Waals surface area contributed by atoms with Crippen molar-refractivity contribution in [2.45, 2.75) is 61.5 Å². The normalized spacial score (nSPS) is 41.9. The number of aliphatic imine (C=N–C) groups is 2. The fourth-order valence-corrected chi connectivity index (χ4v) is 9.55. The number of thiol groups is 1. The lowest BCUT2D eigenvalue weighted by molar-refractivity contribution is -0.124. The first-order valence-electron chi connectivity index (χ1n) is 13.4. The number of anilines is 1. The van der Waals surface area contributed by atoms with Crippen molar-refractivity contribution in [1.29, 1.82) is 0 Å². The number of guanidine groups is 1. The number of aromatic nitrogens is 3. The van der Waals surface area contributed by atoms with E-state index in [1.807, 2.05) is 0 Å². The Labute approximate surface area is 269 Å². The third-order valence-corrected chi connectivity index (χ3v) is 11.9. The van der Waals surface area contributed by atoms with E-state index in [4.69, 9.17) is 55.6 Å². The van der Waals surface area contributed by atoms with Crippen LogP contribution in [0.15, 0.2) is 16.3 Å². The number of amides is 1. The fraction of sp³-hybridized carbons (Fsp3) is 0.619. The fourth-order valence-electron chi connectivity index (χ4n) is 5.74. The summed E-state index contributed by atoms with van der Waals surface area (Å²) >= 11 is 10.7. The zero-order chi connectivity index (χ0) is 31.7. The molecular formula is C21H27N9O10P2S3. The van der Waals surface area contributed by atoms with Crippen LogP contribution in [0.3, 0.4) is 0 Å². The number of nitrogen functional groups attached to an aromatic ring is 1. The summed E-state index contributed by atoms with van der Waals surface area (Å²) < 4.78 is 59.3. The molecule has 2 bridgehead atoms. The number of nitrogens with zero attached hydrogens (tertiary/aromatic N) is 6. The average Bonchev–Trinajstić information content (AvgIpc) is 3.74. The highest BCUT2D eigenvalue weighted by molar-refractivity contribution is 8.44. The van der Waals surface area contributed by atoms with Crippen LogP contribution in [0.5, 0.6) is 0 Å². The van der Waals surface area contributed by atoms with Crippen LogP contribution in [0.1, 0.15) is 17.4 Å². The molecule has 45 heavy (non-hydrogen) atoms. The number of nitrogens with one attached hydrogen (secondary N) is 1. The zero-order valence-electron chi connectivity index (χ0n) is 23.1. The van der Waals surface area contributed by atoms with Gasteiger partial charge in [0.1, 0.15) is 41.8 Å². The molecule has 11 atom stereocenters. The first-order valence-corrected chi connectivity index (χ1v) is 19.4. The lowest BCUT2D eigenvalue weighted by atomic mass is 10.1. The molecule has 5 aliphatic heterocycles. The van der Waals surface area contributed by atoms with E-state index in [2.05, 4.69) is 41.9 Å². The highest BCUT2D eigenvalue weighted by Crippen LogP contribution is 2.58. The molecule has 6 N–H and O–H groups in total. The Morgan fingerprint density at radius 1 is 1.18 bits per heavy atom. The van der Waals surface area contributed by atoms with Crippen molar-refractivity contribution < 1.29 is 46.6 Å². The Hall–Kier alpha value is -1.91. The summed E-state index contributed by atoms with van der Waals surface area (Å²) in [6, 6.07) is -0.911. The molecule has 0 radical (unpaired) electrons. The lowest BCUT2D eigenvalue weighted by Crippen LogP contribution is -2.57. The number of methoxy groups -OCH3 is 1. The first-order chi connectivity index (χ1) is 21.4. The lowest BCUT2D eigenvalue weighted by Gasteiger charge is -2.35. The molecule has 7 rings (SSSR count). The van der Waals surface area contributed by atoms with E-state index in [0.717, 1.165) is 11.5 Å². The second-order valence-electron chi connectivity index (χ2n) is 10.5. The van der Waals surface area contributed by atoms with Crippen molar-refractivity contribution in [2.24, 2.45) is 15.7 Å². The highest BCUT2D eigenvalue weighted by Gasteiger charge is 2.55. The minimum Gasteiger partial charge on any atom is -0.382 e. The van der Waals surface area contributed by atoms with Crippen LogP contribution < -0.4 is 16.8 Å². The quantitative estimate of drug-likeness (QED) is 0.203. The van der Waals surface area contributed by atoms with Crippen molar-refractivity contribution in [3.8, 4) is 0 Å². The monoisotopic (exact) mass is 723 g/mol. The van der Waals surface area contributed by atoms with Crippen LogP contribution in [0.2, 0.25) is 0 Å². The number of carbonyl (C=O) groups is 1. The molecule has 3 fully saturated rings.